The van der Waals surface area contributed by atoms with E-state index in [9.17, 15) is 9.59 Å². The van der Waals surface area contributed by atoms with E-state index in [0.717, 1.165) is 47.9 Å². The molecule has 0 spiro atoms. The van der Waals surface area contributed by atoms with Crippen molar-refractivity contribution >= 4 is 28.5 Å². The summed E-state index contributed by atoms with van der Waals surface area (Å²) in [5, 5.41) is 7.65. The number of carbonyl (C=O) groups is 2. The Kier molecular flexibility index (Phi) is 4.34. The predicted molar refractivity (Wildman–Crippen MR) is 109 cm³/mol. The van der Waals surface area contributed by atoms with Gasteiger partial charge in [-0.15, -0.1) is 0 Å². The first-order valence-corrected chi connectivity index (χ1v) is 10.1. The minimum atomic E-state index is -0.0220. The molecule has 0 bridgehead atoms. The van der Waals surface area contributed by atoms with Crippen molar-refractivity contribution in [2.45, 2.75) is 45.2 Å². The lowest BCUT2D eigenvalue weighted by Crippen LogP contribution is -2.40. The minimum Gasteiger partial charge on any atom is -0.356 e. The lowest BCUT2D eigenvalue weighted by Gasteiger charge is -2.34. The van der Waals surface area contributed by atoms with Crippen LogP contribution in [-0.2, 0) is 11.3 Å². The monoisotopic (exact) mass is 389 g/mol. The van der Waals surface area contributed by atoms with Crippen LogP contribution in [-0.4, -0.2) is 27.9 Å². The van der Waals surface area contributed by atoms with Gasteiger partial charge < -0.3 is 14.7 Å². The number of aryl methyl sites for hydroxylation is 1. The highest BCUT2D eigenvalue weighted by molar-refractivity contribution is 5.99. The highest BCUT2D eigenvalue weighted by Gasteiger charge is 2.36. The number of aromatic nitrogens is 1. The van der Waals surface area contributed by atoms with Crippen LogP contribution in [0.1, 0.15) is 47.2 Å². The fourth-order valence-electron chi connectivity index (χ4n) is 4.65. The van der Waals surface area contributed by atoms with Gasteiger partial charge in [0.15, 0.2) is 5.58 Å². The third-order valence-electron chi connectivity index (χ3n) is 6.36. The van der Waals surface area contributed by atoms with Gasteiger partial charge in [-0.25, -0.2) is 0 Å². The quantitative estimate of drug-likeness (QED) is 0.725. The van der Waals surface area contributed by atoms with Crippen LogP contribution in [0.4, 0.5) is 5.69 Å². The molecule has 1 fully saturated rings. The normalized spacial score (nSPS) is 21.4. The van der Waals surface area contributed by atoms with Gasteiger partial charge in [0.05, 0.1) is 6.20 Å². The van der Waals surface area contributed by atoms with Crippen LogP contribution in [0.3, 0.4) is 0 Å². The maximum absolute atomic E-state index is 12.8. The molecule has 0 saturated heterocycles. The second kappa shape index (κ2) is 7.03. The molecule has 0 unspecified atom stereocenters. The standard InChI is InChI=1S/C23H23N3O3/c1-14-3-2-4-19-20(14)13-26(23(19)28)18-8-5-15(6-9-18)22(27)25-17-7-10-21-16(11-17)12-24-29-21/h2-4,7,10-12,15,18H,5-6,8-9,13H2,1H3,(H,25,27). The summed E-state index contributed by atoms with van der Waals surface area (Å²) >= 11 is 0. The maximum Gasteiger partial charge on any atom is 0.254 e. The summed E-state index contributed by atoms with van der Waals surface area (Å²) in [5.41, 5.74) is 4.63. The molecular formula is C23H23N3O3. The number of benzene rings is 2. The van der Waals surface area contributed by atoms with Gasteiger partial charge in [-0.3, -0.25) is 9.59 Å². The van der Waals surface area contributed by atoms with Crippen LogP contribution >= 0.6 is 0 Å². The smallest absolute Gasteiger partial charge is 0.254 e. The van der Waals surface area contributed by atoms with E-state index in [1.54, 1.807) is 6.20 Å². The molecule has 6 nitrogen and oxygen atoms in total. The molecule has 29 heavy (non-hydrogen) atoms. The molecule has 0 atom stereocenters. The number of nitrogens with zero attached hydrogens (tertiary/aromatic N) is 2. The fourth-order valence-corrected chi connectivity index (χ4v) is 4.65. The third-order valence-corrected chi connectivity index (χ3v) is 6.36. The lowest BCUT2D eigenvalue weighted by atomic mass is 9.84. The van der Waals surface area contributed by atoms with E-state index in [1.165, 1.54) is 5.56 Å². The molecule has 5 rings (SSSR count). The largest absolute Gasteiger partial charge is 0.356 e. The summed E-state index contributed by atoms with van der Waals surface area (Å²) < 4.78 is 5.10. The average molecular weight is 389 g/mol. The Morgan fingerprint density at radius 3 is 2.79 bits per heavy atom. The first kappa shape index (κ1) is 17.9. The summed E-state index contributed by atoms with van der Waals surface area (Å²) in [6.07, 6.45) is 4.96. The average Bonchev–Trinajstić information content (AvgIpc) is 3.33. The van der Waals surface area contributed by atoms with Crippen molar-refractivity contribution in [3.05, 3.63) is 59.3 Å². The highest BCUT2D eigenvalue weighted by atomic mass is 16.5. The summed E-state index contributed by atoms with van der Waals surface area (Å²) in [6.45, 7) is 2.76. The van der Waals surface area contributed by atoms with Crippen molar-refractivity contribution in [1.29, 1.82) is 0 Å². The van der Waals surface area contributed by atoms with Gasteiger partial charge >= 0.3 is 0 Å². The molecule has 2 aromatic carbocycles. The number of anilines is 1. The zero-order chi connectivity index (χ0) is 20.0. The van der Waals surface area contributed by atoms with E-state index in [2.05, 4.69) is 23.5 Å². The molecule has 1 aliphatic heterocycles. The number of hydrogen-bond donors (Lipinski definition) is 1. The first-order chi connectivity index (χ1) is 14.1. The van der Waals surface area contributed by atoms with Gasteiger partial charge in [-0.2, -0.15) is 0 Å². The van der Waals surface area contributed by atoms with Crippen LogP contribution in [0, 0.1) is 12.8 Å². The number of hydrogen-bond acceptors (Lipinski definition) is 4. The number of nitrogens with one attached hydrogen (secondary N) is 1. The Labute approximate surface area is 168 Å². The van der Waals surface area contributed by atoms with Gasteiger partial charge in [0, 0.05) is 35.1 Å². The van der Waals surface area contributed by atoms with Crippen molar-refractivity contribution in [3.8, 4) is 0 Å². The van der Waals surface area contributed by atoms with Crippen molar-refractivity contribution in [3.63, 3.8) is 0 Å². The van der Waals surface area contributed by atoms with E-state index in [0.29, 0.717) is 12.1 Å². The number of amides is 2. The second-order valence-electron chi connectivity index (χ2n) is 8.11. The Hall–Kier alpha value is -3.15. The van der Waals surface area contributed by atoms with Crippen LogP contribution < -0.4 is 5.32 Å². The summed E-state index contributed by atoms with van der Waals surface area (Å²) in [7, 11) is 0. The second-order valence-corrected chi connectivity index (χ2v) is 8.11. The molecule has 0 radical (unpaired) electrons. The van der Waals surface area contributed by atoms with Crippen molar-refractivity contribution < 1.29 is 14.1 Å². The molecule has 148 valence electrons. The fraction of sp³-hybridized carbons (Fsp3) is 0.348. The molecule has 1 saturated carbocycles. The first-order valence-electron chi connectivity index (χ1n) is 10.1. The van der Waals surface area contributed by atoms with Crippen LogP contribution in [0.25, 0.3) is 11.0 Å². The zero-order valence-corrected chi connectivity index (χ0v) is 16.4. The van der Waals surface area contributed by atoms with Crippen LogP contribution in [0.15, 0.2) is 47.1 Å². The molecule has 1 N–H and O–H groups in total. The molecule has 6 heteroatoms. The van der Waals surface area contributed by atoms with Gasteiger partial charge in [-0.05, 0) is 68.0 Å². The highest BCUT2D eigenvalue weighted by Crippen LogP contribution is 2.34. The van der Waals surface area contributed by atoms with Crippen LogP contribution in [0.5, 0.6) is 0 Å². The predicted octanol–water partition coefficient (Wildman–Crippen LogP) is 4.29. The zero-order valence-electron chi connectivity index (χ0n) is 16.4. The van der Waals surface area contributed by atoms with Crippen molar-refractivity contribution in [1.82, 2.24) is 10.1 Å². The van der Waals surface area contributed by atoms with Gasteiger partial charge in [0.25, 0.3) is 5.91 Å². The molecule has 2 aliphatic rings. The molecule has 1 aromatic heterocycles. The number of fused-ring (bicyclic) bond motifs is 2. The van der Waals surface area contributed by atoms with E-state index in [-0.39, 0.29) is 23.8 Å². The SMILES string of the molecule is Cc1cccc2c1CN(C1CCC(C(=O)Nc3ccc4oncc4c3)CC1)C2=O. The Morgan fingerprint density at radius 1 is 1.17 bits per heavy atom. The van der Waals surface area contributed by atoms with E-state index >= 15 is 0 Å². The maximum atomic E-state index is 12.8. The lowest BCUT2D eigenvalue weighted by molar-refractivity contribution is -0.121. The number of rotatable bonds is 3. The summed E-state index contributed by atoms with van der Waals surface area (Å²) in [6, 6.07) is 11.7. The van der Waals surface area contributed by atoms with Gasteiger partial charge in [0.1, 0.15) is 0 Å². The van der Waals surface area contributed by atoms with Crippen LogP contribution in [0.2, 0.25) is 0 Å². The van der Waals surface area contributed by atoms with E-state index in [1.807, 2.05) is 35.2 Å². The number of carbonyl (C=O) groups excluding carboxylic acids is 2. The molecule has 3 aromatic rings. The van der Waals surface area contributed by atoms with Gasteiger partial charge in [-0.1, -0.05) is 17.3 Å². The molecule has 1 aliphatic carbocycles. The van der Waals surface area contributed by atoms with E-state index in [4.69, 9.17) is 4.52 Å². The minimum absolute atomic E-state index is 0.0220. The topological polar surface area (TPSA) is 75.4 Å². The van der Waals surface area contributed by atoms with Crippen molar-refractivity contribution in [2.24, 2.45) is 5.92 Å². The summed E-state index contributed by atoms with van der Waals surface area (Å²) in [5.74, 6) is 0.163. The summed E-state index contributed by atoms with van der Waals surface area (Å²) in [4.78, 5) is 27.6. The third kappa shape index (κ3) is 3.18. The molecular weight excluding hydrogens is 366 g/mol. The van der Waals surface area contributed by atoms with Gasteiger partial charge in [0.2, 0.25) is 5.91 Å². The van der Waals surface area contributed by atoms with E-state index < -0.39 is 0 Å². The Balaban J connectivity index is 1.21. The molecule has 2 amide bonds. The molecule has 2 heterocycles. The van der Waals surface area contributed by atoms with Crippen molar-refractivity contribution in [2.75, 3.05) is 5.32 Å². The Bertz CT molecular complexity index is 1100. The Morgan fingerprint density at radius 2 is 2.00 bits per heavy atom.